The highest BCUT2D eigenvalue weighted by Crippen LogP contribution is 2.07. The van der Waals surface area contributed by atoms with E-state index < -0.39 is 6.16 Å². The maximum atomic E-state index is 10.7. The van der Waals surface area contributed by atoms with E-state index in [4.69, 9.17) is 11.6 Å². The maximum absolute atomic E-state index is 10.7. The molecule has 0 saturated heterocycles. The standard InChI is InChI=1S/C10H10ClNO3/c1-2-14-10(13)15-12-7-8-3-5-9(11)6-4-8/h3-7H,2H2,1H3/b12-7+. The fourth-order valence-electron chi connectivity index (χ4n) is 0.823. The molecule has 0 amide bonds. The number of hydrogen-bond acceptors (Lipinski definition) is 4. The summed E-state index contributed by atoms with van der Waals surface area (Å²) in [7, 11) is 0. The molecule has 0 heterocycles. The van der Waals surface area contributed by atoms with Crippen molar-refractivity contribution in [2.45, 2.75) is 6.92 Å². The molecule has 4 nitrogen and oxygen atoms in total. The number of rotatable bonds is 3. The molecular weight excluding hydrogens is 218 g/mol. The summed E-state index contributed by atoms with van der Waals surface area (Å²) in [5, 5.41) is 4.08. The average Bonchev–Trinajstić information content (AvgIpc) is 2.21. The van der Waals surface area contributed by atoms with Crippen molar-refractivity contribution in [1.82, 2.24) is 0 Å². The van der Waals surface area contributed by atoms with Gasteiger partial charge in [0.1, 0.15) is 0 Å². The largest absolute Gasteiger partial charge is 0.535 e. The van der Waals surface area contributed by atoms with Crippen LogP contribution in [0.1, 0.15) is 12.5 Å². The molecule has 1 aromatic carbocycles. The summed E-state index contributed by atoms with van der Waals surface area (Å²) in [6.07, 6.45) is 0.579. The van der Waals surface area contributed by atoms with Gasteiger partial charge >= 0.3 is 6.16 Å². The van der Waals surface area contributed by atoms with Gasteiger partial charge in [0.25, 0.3) is 0 Å². The molecule has 0 atom stereocenters. The van der Waals surface area contributed by atoms with Crippen molar-refractivity contribution in [3.8, 4) is 0 Å². The van der Waals surface area contributed by atoms with Gasteiger partial charge in [-0.05, 0) is 24.6 Å². The highest BCUT2D eigenvalue weighted by molar-refractivity contribution is 6.30. The van der Waals surface area contributed by atoms with Crippen molar-refractivity contribution < 1.29 is 14.4 Å². The van der Waals surface area contributed by atoms with E-state index in [0.717, 1.165) is 5.56 Å². The summed E-state index contributed by atoms with van der Waals surface area (Å²) < 4.78 is 4.50. The predicted molar refractivity (Wildman–Crippen MR) is 57.2 cm³/mol. The predicted octanol–water partition coefficient (Wildman–Crippen LogP) is 2.85. The molecule has 0 saturated carbocycles. The van der Waals surface area contributed by atoms with Crippen molar-refractivity contribution in [3.05, 3.63) is 34.9 Å². The Bertz CT molecular complexity index is 348. The molecule has 0 fully saturated rings. The van der Waals surface area contributed by atoms with Gasteiger partial charge in [-0.3, -0.25) is 4.84 Å². The van der Waals surface area contributed by atoms with E-state index in [9.17, 15) is 4.79 Å². The van der Waals surface area contributed by atoms with Crippen LogP contribution in [0.3, 0.4) is 0 Å². The summed E-state index contributed by atoms with van der Waals surface area (Å²) in [6, 6.07) is 6.93. The van der Waals surface area contributed by atoms with Crippen LogP contribution >= 0.6 is 11.6 Å². The third-order valence-corrected chi connectivity index (χ3v) is 1.71. The summed E-state index contributed by atoms with van der Waals surface area (Å²) in [4.78, 5) is 15.1. The first-order valence-electron chi connectivity index (χ1n) is 4.35. The number of benzene rings is 1. The molecule has 0 spiro atoms. The van der Waals surface area contributed by atoms with E-state index in [1.54, 1.807) is 31.2 Å². The molecule has 1 rings (SSSR count). The number of carbonyl (C=O) groups excluding carboxylic acids is 1. The third kappa shape index (κ3) is 4.46. The topological polar surface area (TPSA) is 47.9 Å². The van der Waals surface area contributed by atoms with Crippen LogP contribution in [0.5, 0.6) is 0 Å². The summed E-state index contributed by atoms with van der Waals surface area (Å²) in [6.45, 7) is 1.94. The Balaban J connectivity index is 2.44. The van der Waals surface area contributed by atoms with E-state index >= 15 is 0 Å². The van der Waals surface area contributed by atoms with E-state index in [2.05, 4.69) is 14.7 Å². The zero-order valence-corrected chi connectivity index (χ0v) is 8.90. The SMILES string of the molecule is CCOC(=O)O/N=C/c1ccc(Cl)cc1. The molecule has 5 heteroatoms. The van der Waals surface area contributed by atoms with Crippen LogP contribution in [-0.2, 0) is 9.57 Å². The number of ether oxygens (including phenoxy) is 1. The first-order valence-corrected chi connectivity index (χ1v) is 4.73. The Morgan fingerprint density at radius 2 is 2.13 bits per heavy atom. The Morgan fingerprint density at radius 3 is 2.73 bits per heavy atom. The van der Waals surface area contributed by atoms with E-state index in [1.165, 1.54) is 6.21 Å². The molecule has 1 aromatic rings. The van der Waals surface area contributed by atoms with Gasteiger partial charge in [0.2, 0.25) is 0 Å². The van der Waals surface area contributed by atoms with Crippen molar-refractivity contribution in [2.24, 2.45) is 5.16 Å². The number of oxime groups is 1. The summed E-state index contributed by atoms with van der Waals surface area (Å²) >= 11 is 5.69. The lowest BCUT2D eigenvalue weighted by Gasteiger charge is -1.96. The number of hydrogen-bond donors (Lipinski definition) is 0. The summed E-state index contributed by atoms with van der Waals surface area (Å²) in [5.74, 6) is 0. The summed E-state index contributed by atoms with van der Waals surface area (Å²) in [5.41, 5.74) is 0.781. The molecule has 0 bridgehead atoms. The minimum atomic E-state index is -0.817. The van der Waals surface area contributed by atoms with Crippen molar-refractivity contribution in [1.29, 1.82) is 0 Å². The zero-order valence-electron chi connectivity index (χ0n) is 8.14. The van der Waals surface area contributed by atoms with Crippen molar-refractivity contribution in [2.75, 3.05) is 6.61 Å². The van der Waals surface area contributed by atoms with E-state index in [-0.39, 0.29) is 6.61 Å². The number of carbonyl (C=O) groups is 1. The second-order valence-corrected chi connectivity index (χ2v) is 3.00. The monoisotopic (exact) mass is 227 g/mol. The van der Waals surface area contributed by atoms with Crippen LogP contribution in [0.15, 0.2) is 29.4 Å². The number of nitrogens with zero attached hydrogens (tertiary/aromatic N) is 1. The minimum Gasteiger partial charge on any atom is -0.433 e. The molecule has 0 N–H and O–H groups in total. The van der Waals surface area contributed by atoms with Crippen LogP contribution in [-0.4, -0.2) is 19.0 Å². The van der Waals surface area contributed by atoms with Crippen molar-refractivity contribution in [3.63, 3.8) is 0 Å². The quantitative estimate of drug-likeness (QED) is 0.345. The van der Waals surface area contributed by atoms with E-state index in [1.807, 2.05) is 0 Å². The lowest BCUT2D eigenvalue weighted by molar-refractivity contribution is 0.0618. The van der Waals surface area contributed by atoms with Crippen LogP contribution in [0, 0.1) is 0 Å². The van der Waals surface area contributed by atoms with Gasteiger partial charge in [-0.2, -0.15) is 0 Å². The van der Waals surface area contributed by atoms with Gasteiger partial charge < -0.3 is 4.74 Å². The Morgan fingerprint density at radius 1 is 1.47 bits per heavy atom. The van der Waals surface area contributed by atoms with Gasteiger partial charge in [-0.25, -0.2) is 4.79 Å². The number of halogens is 1. The molecule has 15 heavy (non-hydrogen) atoms. The average molecular weight is 228 g/mol. The van der Waals surface area contributed by atoms with Gasteiger partial charge in [0.05, 0.1) is 12.8 Å². The molecule has 0 aliphatic carbocycles. The Kier molecular flexibility index (Phi) is 4.63. The van der Waals surface area contributed by atoms with Crippen LogP contribution < -0.4 is 0 Å². The van der Waals surface area contributed by atoms with Gasteiger partial charge in [0, 0.05) is 5.02 Å². The highest BCUT2D eigenvalue weighted by Gasteiger charge is 1.98. The molecule has 0 aliphatic rings. The fraction of sp³-hybridized carbons (Fsp3) is 0.200. The maximum Gasteiger partial charge on any atom is 0.535 e. The highest BCUT2D eigenvalue weighted by atomic mass is 35.5. The van der Waals surface area contributed by atoms with Gasteiger partial charge in [-0.1, -0.05) is 28.9 Å². The normalized spacial score (nSPS) is 10.3. The first-order chi connectivity index (χ1) is 7.22. The van der Waals surface area contributed by atoms with E-state index in [0.29, 0.717) is 5.02 Å². The lowest BCUT2D eigenvalue weighted by Crippen LogP contribution is -2.02. The lowest BCUT2D eigenvalue weighted by atomic mass is 10.2. The smallest absolute Gasteiger partial charge is 0.433 e. The molecule has 80 valence electrons. The third-order valence-electron chi connectivity index (χ3n) is 1.46. The van der Waals surface area contributed by atoms with Crippen LogP contribution in [0.25, 0.3) is 0 Å². The molecule has 0 aliphatic heterocycles. The first kappa shape index (κ1) is 11.5. The van der Waals surface area contributed by atoms with Crippen LogP contribution in [0.2, 0.25) is 5.02 Å². The zero-order chi connectivity index (χ0) is 11.1. The molecule has 0 radical (unpaired) electrons. The Labute approximate surface area is 92.4 Å². The van der Waals surface area contributed by atoms with Crippen LogP contribution in [0.4, 0.5) is 4.79 Å². The second-order valence-electron chi connectivity index (χ2n) is 2.56. The van der Waals surface area contributed by atoms with Gasteiger partial charge in [-0.15, -0.1) is 0 Å². The second kappa shape index (κ2) is 6.03. The Hall–Kier alpha value is -1.55. The van der Waals surface area contributed by atoms with Gasteiger partial charge in [0.15, 0.2) is 0 Å². The molecular formula is C10H10ClNO3. The minimum absolute atomic E-state index is 0.259. The fourth-order valence-corrected chi connectivity index (χ4v) is 0.949. The van der Waals surface area contributed by atoms with Crippen molar-refractivity contribution >= 4 is 24.0 Å². The molecule has 0 aromatic heterocycles. The molecule has 0 unspecified atom stereocenters.